The average Bonchev–Trinajstić information content (AvgIpc) is 2.32. The fourth-order valence-electron chi connectivity index (χ4n) is 1.34. The topological polar surface area (TPSA) is 101 Å². The maximum Gasteiger partial charge on any atom is 0.407 e. The number of aliphatic carboxylic acids is 1. The van der Waals surface area contributed by atoms with E-state index in [-0.39, 0.29) is 10.9 Å². The molecule has 0 heterocycles. The molecule has 2 unspecified atom stereocenters. The zero-order valence-electron chi connectivity index (χ0n) is 11.5. The highest BCUT2D eigenvalue weighted by molar-refractivity contribution is 7.89. The lowest BCUT2D eigenvalue weighted by Gasteiger charge is -2.27. The highest BCUT2D eigenvalue weighted by Gasteiger charge is 2.52. The van der Waals surface area contributed by atoms with Crippen LogP contribution in [-0.2, 0) is 24.3 Å². The Labute approximate surface area is 119 Å². The van der Waals surface area contributed by atoms with Crippen LogP contribution in [0.25, 0.3) is 0 Å². The number of hydrogen-bond acceptors (Lipinski definition) is 5. The fourth-order valence-corrected chi connectivity index (χ4v) is 2.95. The minimum atomic E-state index is -5.24. The van der Waals surface area contributed by atoms with Crippen molar-refractivity contribution in [2.24, 2.45) is 0 Å². The molecular formula is C10H16F3NO6S. The molecule has 7 nitrogen and oxygen atoms in total. The van der Waals surface area contributed by atoms with Gasteiger partial charge in [-0.1, -0.05) is 0 Å². The zero-order chi connectivity index (χ0) is 17.0. The van der Waals surface area contributed by atoms with Gasteiger partial charge in [0.2, 0.25) is 10.0 Å². The second kappa shape index (κ2) is 7.07. The number of carbonyl (C=O) groups excluding carboxylic acids is 1. The van der Waals surface area contributed by atoms with Gasteiger partial charge in [-0.05, 0) is 13.8 Å². The molecule has 0 aromatic rings. The van der Waals surface area contributed by atoms with Gasteiger partial charge in [0, 0.05) is 7.05 Å². The Morgan fingerprint density at radius 3 is 2.14 bits per heavy atom. The summed E-state index contributed by atoms with van der Waals surface area (Å²) in [6.45, 7) is 2.07. The lowest BCUT2D eigenvalue weighted by atomic mass is 10.3. The van der Waals surface area contributed by atoms with Crippen LogP contribution in [0.5, 0.6) is 0 Å². The Morgan fingerprint density at radius 2 is 1.81 bits per heavy atom. The van der Waals surface area contributed by atoms with Crippen LogP contribution in [-0.4, -0.2) is 60.9 Å². The van der Waals surface area contributed by atoms with Gasteiger partial charge in [0.05, 0.1) is 13.0 Å². The summed E-state index contributed by atoms with van der Waals surface area (Å²) in [5, 5.41) is 5.63. The van der Waals surface area contributed by atoms with Crippen molar-refractivity contribution in [1.29, 1.82) is 0 Å². The summed E-state index contributed by atoms with van der Waals surface area (Å²) in [5.41, 5.74) is 0. The van der Waals surface area contributed by atoms with E-state index in [4.69, 9.17) is 5.11 Å². The maximum atomic E-state index is 12.9. The minimum Gasteiger partial charge on any atom is -0.480 e. The number of esters is 1. The molecule has 0 rings (SSSR count). The van der Waals surface area contributed by atoms with Crippen molar-refractivity contribution in [3.05, 3.63) is 0 Å². The lowest BCUT2D eigenvalue weighted by Crippen LogP contribution is -2.50. The predicted molar refractivity (Wildman–Crippen MR) is 64.9 cm³/mol. The number of rotatable bonds is 7. The van der Waals surface area contributed by atoms with E-state index >= 15 is 0 Å². The Balaban J connectivity index is 5.52. The van der Waals surface area contributed by atoms with E-state index in [0.717, 1.165) is 6.92 Å². The molecular weight excluding hydrogens is 319 g/mol. The third-order valence-corrected chi connectivity index (χ3v) is 4.96. The second-order valence-electron chi connectivity index (χ2n) is 4.11. The van der Waals surface area contributed by atoms with Gasteiger partial charge in [-0.2, -0.15) is 17.5 Å². The first kappa shape index (κ1) is 19.6. The summed E-state index contributed by atoms with van der Waals surface area (Å²) >= 11 is 0. The van der Waals surface area contributed by atoms with Crippen molar-refractivity contribution in [1.82, 2.24) is 4.31 Å². The molecule has 0 aliphatic rings. The summed E-state index contributed by atoms with van der Waals surface area (Å²) in [6.07, 6.45) is -6.67. The fraction of sp³-hybridized carbons (Fsp3) is 0.800. The SMILES string of the molecule is CCOC(=O)CC(C(F)(F)F)S(=O)(=O)N(C)C(C)C(=O)O. The Hall–Kier alpha value is -1.36. The number of ether oxygens (including phenoxy) is 1. The molecule has 0 aliphatic carbocycles. The molecule has 2 atom stereocenters. The van der Waals surface area contributed by atoms with Crippen LogP contribution < -0.4 is 0 Å². The molecule has 0 bridgehead atoms. The Morgan fingerprint density at radius 1 is 1.33 bits per heavy atom. The number of nitrogens with zero attached hydrogens (tertiary/aromatic N) is 1. The molecule has 0 aromatic heterocycles. The first-order valence-corrected chi connectivity index (χ1v) is 7.28. The maximum absolute atomic E-state index is 12.9. The van der Waals surface area contributed by atoms with Crippen molar-refractivity contribution in [2.75, 3.05) is 13.7 Å². The van der Waals surface area contributed by atoms with E-state index in [1.807, 2.05) is 0 Å². The number of alkyl halides is 3. The van der Waals surface area contributed by atoms with Gasteiger partial charge in [-0.25, -0.2) is 8.42 Å². The zero-order valence-corrected chi connectivity index (χ0v) is 12.4. The molecule has 1 N–H and O–H groups in total. The van der Waals surface area contributed by atoms with Crippen LogP contribution in [0.1, 0.15) is 20.3 Å². The van der Waals surface area contributed by atoms with Crippen molar-refractivity contribution in [3.63, 3.8) is 0 Å². The van der Waals surface area contributed by atoms with Crippen LogP contribution >= 0.6 is 0 Å². The number of carboxylic acids is 1. The Kier molecular flexibility index (Phi) is 6.61. The van der Waals surface area contributed by atoms with E-state index in [2.05, 4.69) is 4.74 Å². The highest BCUT2D eigenvalue weighted by atomic mass is 32.2. The molecule has 0 saturated heterocycles. The van der Waals surface area contributed by atoms with E-state index in [0.29, 0.717) is 7.05 Å². The third kappa shape index (κ3) is 5.16. The number of hydrogen-bond donors (Lipinski definition) is 1. The predicted octanol–water partition coefficient (Wildman–Crippen LogP) is 0.605. The molecule has 0 spiro atoms. The van der Waals surface area contributed by atoms with E-state index < -0.39 is 45.9 Å². The van der Waals surface area contributed by atoms with Crippen molar-refractivity contribution in [2.45, 2.75) is 37.7 Å². The van der Waals surface area contributed by atoms with Gasteiger partial charge >= 0.3 is 18.1 Å². The summed E-state index contributed by atoms with van der Waals surface area (Å²) in [4.78, 5) is 21.9. The van der Waals surface area contributed by atoms with E-state index in [1.54, 1.807) is 0 Å². The van der Waals surface area contributed by atoms with Gasteiger partial charge in [0.15, 0.2) is 5.25 Å². The average molecular weight is 335 g/mol. The number of sulfonamides is 1. The number of likely N-dealkylation sites (N-methyl/N-ethyl adjacent to an activating group) is 1. The van der Waals surface area contributed by atoms with Gasteiger partial charge in [0.25, 0.3) is 0 Å². The largest absolute Gasteiger partial charge is 0.480 e. The van der Waals surface area contributed by atoms with Gasteiger partial charge < -0.3 is 9.84 Å². The first-order valence-electron chi connectivity index (χ1n) is 5.77. The summed E-state index contributed by atoms with van der Waals surface area (Å²) < 4.78 is 66.8. The van der Waals surface area contributed by atoms with Gasteiger partial charge in [-0.3, -0.25) is 9.59 Å². The van der Waals surface area contributed by atoms with Crippen molar-refractivity contribution >= 4 is 22.0 Å². The normalized spacial score (nSPS) is 15.6. The molecule has 0 fully saturated rings. The molecule has 11 heteroatoms. The Bertz CT molecular complexity index is 490. The van der Waals surface area contributed by atoms with Crippen LogP contribution in [0.2, 0.25) is 0 Å². The van der Waals surface area contributed by atoms with Crippen molar-refractivity contribution < 1.29 is 41.0 Å². The molecule has 124 valence electrons. The minimum absolute atomic E-state index is 0.0761. The molecule has 0 aromatic carbocycles. The molecule has 21 heavy (non-hydrogen) atoms. The van der Waals surface area contributed by atoms with Crippen LogP contribution in [0.15, 0.2) is 0 Å². The molecule has 0 saturated carbocycles. The van der Waals surface area contributed by atoms with Crippen LogP contribution in [0.3, 0.4) is 0 Å². The van der Waals surface area contributed by atoms with Gasteiger partial charge in [-0.15, -0.1) is 0 Å². The first-order chi connectivity index (χ1) is 9.35. The summed E-state index contributed by atoms with van der Waals surface area (Å²) in [6, 6.07) is -1.71. The highest BCUT2D eigenvalue weighted by Crippen LogP contribution is 2.31. The molecule has 0 amide bonds. The standard InChI is InChI=1S/C10H16F3NO6S/c1-4-20-8(15)5-7(10(11,12)13)21(18,19)14(3)6(2)9(16)17/h6-7H,4-5H2,1-3H3,(H,16,17). The van der Waals surface area contributed by atoms with Crippen molar-refractivity contribution in [3.8, 4) is 0 Å². The smallest absolute Gasteiger partial charge is 0.407 e. The third-order valence-electron chi connectivity index (χ3n) is 2.69. The number of carbonyl (C=O) groups is 2. The molecule has 0 aliphatic heterocycles. The number of halogens is 3. The quantitative estimate of drug-likeness (QED) is 0.684. The second-order valence-corrected chi connectivity index (χ2v) is 6.29. The van der Waals surface area contributed by atoms with E-state index in [9.17, 15) is 31.2 Å². The summed E-state index contributed by atoms with van der Waals surface area (Å²) in [5.74, 6) is -2.95. The summed E-state index contributed by atoms with van der Waals surface area (Å²) in [7, 11) is -4.38. The molecule has 0 radical (unpaired) electrons. The monoisotopic (exact) mass is 335 g/mol. The number of carboxylic acid groups (broad SMARTS) is 1. The van der Waals surface area contributed by atoms with Gasteiger partial charge in [0.1, 0.15) is 6.04 Å². The van der Waals surface area contributed by atoms with E-state index in [1.165, 1.54) is 6.92 Å². The van der Waals surface area contributed by atoms with Crippen LogP contribution in [0, 0.1) is 0 Å². The van der Waals surface area contributed by atoms with Crippen LogP contribution in [0.4, 0.5) is 13.2 Å². The lowest BCUT2D eigenvalue weighted by molar-refractivity contribution is -0.155.